The SMILES string of the molecule is CC(=O)c1cc(F)ccc1OCC(=O)Nc1c(C)nn(-c2ccc(C)cc2)c1C. The van der Waals surface area contributed by atoms with Gasteiger partial charge in [0, 0.05) is 0 Å². The van der Waals surface area contributed by atoms with E-state index in [9.17, 15) is 14.0 Å². The third-order valence-electron chi connectivity index (χ3n) is 4.51. The van der Waals surface area contributed by atoms with E-state index in [1.54, 1.807) is 4.68 Å². The van der Waals surface area contributed by atoms with Gasteiger partial charge in [0.1, 0.15) is 11.6 Å². The first-order chi connectivity index (χ1) is 13.8. The number of Topliss-reactive ketones (excluding diaryl/α,β-unsaturated/α-hetero) is 1. The van der Waals surface area contributed by atoms with E-state index in [-0.39, 0.29) is 23.7 Å². The fraction of sp³-hybridized carbons (Fsp3) is 0.227. The van der Waals surface area contributed by atoms with Crippen LogP contribution in [0.2, 0.25) is 0 Å². The second-order valence-corrected chi connectivity index (χ2v) is 6.83. The fourth-order valence-electron chi connectivity index (χ4n) is 2.98. The first-order valence-corrected chi connectivity index (χ1v) is 9.12. The quantitative estimate of drug-likeness (QED) is 0.636. The number of nitrogens with one attached hydrogen (secondary N) is 1. The normalized spacial score (nSPS) is 10.7. The Balaban J connectivity index is 1.73. The molecule has 0 aliphatic rings. The van der Waals surface area contributed by atoms with Gasteiger partial charge in [-0.3, -0.25) is 9.59 Å². The molecule has 150 valence electrons. The average molecular weight is 395 g/mol. The standard InChI is InChI=1S/C22H22FN3O3/c1-13-5-8-18(9-6-13)26-15(3)22(14(2)25-26)24-21(28)12-29-20-10-7-17(23)11-19(20)16(4)27/h5-11H,12H2,1-4H3,(H,24,28). The van der Waals surface area contributed by atoms with Gasteiger partial charge in [-0.25, -0.2) is 9.07 Å². The lowest BCUT2D eigenvalue weighted by atomic mass is 10.1. The zero-order valence-corrected chi connectivity index (χ0v) is 16.7. The Bertz CT molecular complexity index is 1070. The molecule has 1 amide bonds. The van der Waals surface area contributed by atoms with E-state index in [0.29, 0.717) is 11.4 Å². The first-order valence-electron chi connectivity index (χ1n) is 9.12. The highest BCUT2D eigenvalue weighted by molar-refractivity contribution is 5.97. The van der Waals surface area contributed by atoms with Crippen LogP contribution in [-0.4, -0.2) is 28.1 Å². The van der Waals surface area contributed by atoms with Crippen molar-refractivity contribution >= 4 is 17.4 Å². The van der Waals surface area contributed by atoms with Gasteiger partial charge in [-0.1, -0.05) is 17.7 Å². The maximum atomic E-state index is 13.4. The van der Waals surface area contributed by atoms with E-state index < -0.39 is 11.7 Å². The maximum absolute atomic E-state index is 13.4. The van der Waals surface area contributed by atoms with Crippen LogP contribution in [0.5, 0.6) is 5.75 Å². The first kappa shape index (κ1) is 20.3. The zero-order valence-electron chi connectivity index (χ0n) is 16.7. The number of rotatable bonds is 6. The Morgan fingerprint density at radius 1 is 1.10 bits per heavy atom. The Morgan fingerprint density at radius 2 is 1.79 bits per heavy atom. The molecule has 29 heavy (non-hydrogen) atoms. The highest BCUT2D eigenvalue weighted by Crippen LogP contribution is 2.24. The minimum atomic E-state index is -0.540. The van der Waals surface area contributed by atoms with Crippen LogP contribution in [-0.2, 0) is 4.79 Å². The molecule has 0 aliphatic heterocycles. The highest BCUT2D eigenvalue weighted by Gasteiger charge is 2.17. The summed E-state index contributed by atoms with van der Waals surface area (Å²) in [6, 6.07) is 11.5. The van der Waals surface area contributed by atoms with Crippen LogP contribution >= 0.6 is 0 Å². The van der Waals surface area contributed by atoms with Gasteiger partial charge in [0.2, 0.25) is 0 Å². The molecule has 0 saturated heterocycles. The largest absolute Gasteiger partial charge is 0.483 e. The Labute approximate surface area is 168 Å². The molecule has 0 radical (unpaired) electrons. The third-order valence-corrected chi connectivity index (χ3v) is 4.51. The maximum Gasteiger partial charge on any atom is 0.262 e. The number of carbonyl (C=O) groups is 2. The number of carbonyl (C=O) groups excluding carboxylic acids is 2. The van der Waals surface area contributed by atoms with E-state index in [4.69, 9.17) is 4.74 Å². The summed E-state index contributed by atoms with van der Waals surface area (Å²) in [5.74, 6) is -1.12. The molecule has 3 rings (SSSR count). The summed E-state index contributed by atoms with van der Waals surface area (Å²) in [5.41, 5.74) is 4.19. The molecule has 0 aliphatic carbocycles. The van der Waals surface area contributed by atoms with Gasteiger partial charge < -0.3 is 10.1 Å². The van der Waals surface area contributed by atoms with Crippen molar-refractivity contribution in [3.8, 4) is 11.4 Å². The van der Waals surface area contributed by atoms with Crippen LogP contribution in [0.15, 0.2) is 42.5 Å². The number of benzene rings is 2. The van der Waals surface area contributed by atoms with Crippen LogP contribution in [0.1, 0.15) is 34.2 Å². The molecular formula is C22H22FN3O3. The summed E-state index contributed by atoms with van der Waals surface area (Å²) in [6.07, 6.45) is 0. The second-order valence-electron chi connectivity index (χ2n) is 6.83. The Morgan fingerprint density at radius 3 is 2.45 bits per heavy atom. The van der Waals surface area contributed by atoms with E-state index >= 15 is 0 Å². The number of amides is 1. The number of hydrogen-bond donors (Lipinski definition) is 1. The van der Waals surface area contributed by atoms with Gasteiger partial charge in [-0.15, -0.1) is 0 Å². The Kier molecular flexibility index (Phi) is 5.77. The van der Waals surface area contributed by atoms with Gasteiger partial charge in [0.25, 0.3) is 5.91 Å². The van der Waals surface area contributed by atoms with Crippen LogP contribution < -0.4 is 10.1 Å². The predicted octanol–water partition coefficient (Wildman–Crippen LogP) is 4.16. The zero-order chi connectivity index (χ0) is 21.1. The lowest BCUT2D eigenvalue weighted by molar-refractivity contribution is -0.118. The molecule has 0 fully saturated rings. The number of aryl methyl sites for hydroxylation is 2. The van der Waals surface area contributed by atoms with Crippen LogP contribution in [0, 0.1) is 26.6 Å². The number of halogens is 1. The van der Waals surface area contributed by atoms with E-state index in [2.05, 4.69) is 10.4 Å². The number of ether oxygens (including phenoxy) is 1. The number of nitrogens with zero attached hydrogens (tertiary/aromatic N) is 2. The molecule has 6 nitrogen and oxygen atoms in total. The molecule has 2 aromatic carbocycles. The summed E-state index contributed by atoms with van der Waals surface area (Å²) >= 11 is 0. The van der Waals surface area contributed by atoms with Crippen molar-refractivity contribution in [3.05, 3.63) is 70.8 Å². The lowest BCUT2D eigenvalue weighted by Crippen LogP contribution is -2.21. The van der Waals surface area contributed by atoms with Gasteiger partial charge in [0.15, 0.2) is 12.4 Å². The molecule has 1 heterocycles. The molecule has 1 aromatic heterocycles. The molecule has 0 unspecified atom stereocenters. The van der Waals surface area contributed by atoms with Crippen molar-refractivity contribution in [2.45, 2.75) is 27.7 Å². The molecule has 1 N–H and O–H groups in total. The third kappa shape index (κ3) is 4.51. The van der Waals surface area contributed by atoms with Gasteiger partial charge in [-0.05, 0) is 58.0 Å². The fourth-order valence-corrected chi connectivity index (χ4v) is 2.98. The predicted molar refractivity (Wildman–Crippen MR) is 108 cm³/mol. The summed E-state index contributed by atoms with van der Waals surface area (Å²) in [4.78, 5) is 24.0. The van der Waals surface area contributed by atoms with E-state index in [0.717, 1.165) is 23.0 Å². The molecule has 0 bridgehead atoms. The van der Waals surface area contributed by atoms with Crippen molar-refractivity contribution in [1.29, 1.82) is 0 Å². The van der Waals surface area contributed by atoms with Crippen molar-refractivity contribution in [1.82, 2.24) is 9.78 Å². The molecule has 0 saturated carbocycles. The van der Waals surface area contributed by atoms with Crippen molar-refractivity contribution in [2.24, 2.45) is 0 Å². The number of anilines is 1. The summed E-state index contributed by atoms with van der Waals surface area (Å²) in [6.45, 7) is 6.68. The number of hydrogen-bond acceptors (Lipinski definition) is 4. The van der Waals surface area contributed by atoms with Crippen molar-refractivity contribution in [2.75, 3.05) is 11.9 Å². The smallest absolute Gasteiger partial charge is 0.262 e. The Hall–Kier alpha value is -3.48. The topological polar surface area (TPSA) is 73.2 Å². The van der Waals surface area contributed by atoms with Crippen LogP contribution in [0.4, 0.5) is 10.1 Å². The molecule has 7 heteroatoms. The summed E-state index contributed by atoms with van der Waals surface area (Å²) in [7, 11) is 0. The monoisotopic (exact) mass is 395 g/mol. The van der Waals surface area contributed by atoms with E-state index in [1.165, 1.54) is 19.1 Å². The summed E-state index contributed by atoms with van der Waals surface area (Å²) in [5, 5.41) is 7.31. The van der Waals surface area contributed by atoms with Gasteiger partial charge in [0.05, 0.1) is 28.3 Å². The molecule has 3 aromatic rings. The number of aromatic nitrogens is 2. The molecule has 0 atom stereocenters. The molecular weight excluding hydrogens is 373 g/mol. The summed E-state index contributed by atoms with van der Waals surface area (Å²) < 4.78 is 20.6. The van der Waals surface area contributed by atoms with Crippen LogP contribution in [0.3, 0.4) is 0 Å². The van der Waals surface area contributed by atoms with Crippen LogP contribution in [0.25, 0.3) is 5.69 Å². The molecule has 0 spiro atoms. The minimum absolute atomic E-state index is 0.0948. The average Bonchev–Trinajstić information content (AvgIpc) is 2.95. The number of ketones is 1. The lowest BCUT2D eigenvalue weighted by Gasteiger charge is -2.11. The van der Waals surface area contributed by atoms with Crippen molar-refractivity contribution < 1.29 is 18.7 Å². The van der Waals surface area contributed by atoms with Gasteiger partial charge >= 0.3 is 0 Å². The van der Waals surface area contributed by atoms with Crippen molar-refractivity contribution in [3.63, 3.8) is 0 Å². The second kappa shape index (κ2) is 8.26. The van der Waals surface area contributed by atoms with Gasteiger partial charge in [-0.2, -0.15) is 5.10 Å². The minimum Gasteiger partial charge on any atom is -0.483 e. The van der Waals surface area contributed by atoms with E-state index in [1.807, 2.05) is 45.0 Å². The highest BCUT2D eigenvalue weighted by atomic mass is 19.1.